The molecule has 1 saturated heterocycles. The second-order valence-corrected chi connectivity index (χ2v) is 8.05. The molecule has 0 aromatic carbocycles. The summed E-state index contributed by atoms with van der Waals surface area (Å²) < 4.78 is 30.1. The molecular formula is C17H34O5S. The van der Waals surface area contributed by atoms with Crippen LogP contribution in [0.5, 0.6) is 0 Å². The van der Waals surface area contributed by atoms with Crippen molar-refractivity contribution < 1.29 is 21.9 Å². The molecule has 1 rings (SSSR count). The first-order valence-electron chi connectivity index (χ1n) is 9.25. The lowest BCUT2D eigenvalue weighted by molar-refractivity contribution is -0.329. The summed E-state index contributed by atoms with van der Waals surface area (Å²) in [6, 6.07) is 0. The van der Waals surface area contributed by atoms with Gasteiger partial charge in [-0.2, -0.15) is 16.8 Å². The van der Waals surface area contributed by atoms with E-state index in [4.69, 9.17) is 0 Å². The molecule has 0 aromatic heterocycles. The van der Waals surface area contributed by atoms with E-state index < -0.39 is 16.4 Å². The minimum absolute atomic E-state index is 0.205. The molecule has 1 aliphatic heterocycles. The van der Waals surface area contributed by atoms with Crippen LogP contribution in [0.3, 0.4) is 0 Å². The Labute approximate surface area is 142 Å². The number of hydrogen-bond donors (Lipinski definition) is 1. The zero-order valence-electron chi connectivity index (χ0n) is 14.8. The predicted molar refractivity (Wildman–Crippen MR) is 90.9 cm³/mol. The first-order valence-corrected chi connectivity index (χ1v) is 10.6. The molecule has 0 aliphatic carbocycles. The van der Waals surface area contributed by atoms with Gasteiger partial charge >= 0.3 is 16.4 Å². The summed E-state index contributed by atoms with van der Waals surface area (Å²) in [4.78, 5) is 0. The van der Waals surface area contributed by atoms with Crippen molar-refractivity contribution in [1.82, 2.24) is 0 Å². The summed E-state index contributed by atoms with van der Waals surface area (Å²) in [6.07, 6.45) is 15.0. The molecule has 138 valence electrons. The summed E-state index contributed by atoms with van der Waals surface area (Å²) in [6.45, 7) is 4.51. The maximum atomic E-state index is 10.7. The van der Waals surface area contributed by atoms with Crippen molar-refractivity contribution in [2.45, 2.75) is 103 Å². The van der Waals surface area contributed by atoms with E-state index in [0.717, 1.165) is 12.8 Å². The number of hydrogen-bond acceptors (Lipinski definition) is 5. The van der Waals surface area contributed by atoms with Crippen molar-refractivity contribution >= 4 is 10.4 Å². The SMILES string of the molecule is CCCCCCCCCCC(C)CCCCC1(O)OS(=O)(=O)O1. The van der Waals surface area contributed by atoms with Crippen molar-refractivity contribution in [2.75, 3.05) is 0 Å². The van der Waals surface area contributed by atoms with Gasteiger partial charge in [-0.15, -0.1) is 0 Å². The number of aliphatic hydroxyl groups is 1. The lowest BCUT2D eigenvalue weighted by Gasteiger charge is -2.33. The van der Waals surface area contributed by atoms with Gasteiger partial charge in [0.05, 0.1) is 0 Å². The van der Waals surface area contributed by atoms with Gasteiger partial charge in [0.15, 0.2) is 0 Å². The first kappa shape index (κ1) is 20.9. The number of unbranched alkanes of at least 4 members (excludes halogenated alkanes) is 8. The van der Waals surface area contributed by atoms with Crippen LogP contribution in [0, 0.1) is 5.92 Å². The van der Waals surface area contributed by atoms with E-state index >= 15 is 0 Å². The Bertz CT molecular complexity index is 395. The van der Waals surface area contributed by atoms with E-state index in [9.17, 15) is 13.5 Å². The lowest BCUT2D eigenvalue weighted by Crippen LogP contribution is -2.50. The van der Waals surface area contributed by atoms with E-state index in [1.54, 1.807) is 0 Å². The molecule has 0 amide bonds. The van der Waals surface area contributed by atoms with Crippen LogP contribution in [0.2, 0.25) is 0 Å². The molecule has 23 heavy (non-hydrogen) atoms. The second-order valence-electron chi connectivity index (χ2n) is 6.90. The van der Waals surface area contributed by atoms with Gasteiger partial charge < -0.3 is 5.11 Å². The second kappa shape index (κ2) is 10.6. The molecule has 1 unspecified atom stereocenters. The minimum Gasteiger partial charge on any atom is -0.342 e. The predicted octanol–water partition coefficient (Wildman–Crippen LogP) is 4.65. The van der Waals surface area contributed by atoms with Crippen molar-refractivity contribution in [2.24, 2.45) is 5.92 Å². The third-order valence-corrected chi connectivity index (χ3v) is 5.38. The van der Waals surface area contributed by atoms with E-state index in [0.29, 0.717) is 12.3 Å². The third-order valence-electron chi connectivity index (χ3n) is 4.45. The van der Waals surface area contributed by atoms with Crippen LogP contribution in [-0.2, 0) is 18.8 Å². The summed E-state index contributed by atoms with van der Waals surface area (Å²) in [5, 5.41) is 9.57. The van der Waals surface area contributed by atoms with E-state index in [1.807, 2.05) is 0 Å². The van der Waals surface area contributed by atoms with Crippen molar-refractivity contribution in [1.29, 1.82) is 0 Å². The van der Waals surface area contributed by atoms with Gasteiger partial charge in [0, 0.05) is 6.42 Å². The Kier molecular flexibility index (Phi) is 9.66. The van der Waals surface area contributed by atoms with Crippen molar-refractivity contribution in [3.8, 4) is 0 Å². The first-order chi connectivity index (χ1) is 10.9. The topological polar surface area (TPSA) is 72.8 Å². The molecule has 0 saturated carbocycles. The van der Waals surface area contributed by atoms with Crippen LogP contribution in [0.15, 0.2) is 0 Å². The zero-order valence-corrected chi connectivity index (χ0v) is 15.6. The average Bonchev–Trinajstić information content (AvgIpc) is 2.44. The van der Waals surface area contributed by atoms with Crippen LogP contribution in [0.25, 0.3) is 0 Å². The fourth-order valence-corrected chi connectivity index (χ4v) is 3.84. The lowest BCUT2D eigenvalue weighted by atomic mass is 9.96. The maximum Gasteiger partial charge on any atom is 0.409 e. The molecule has 0 spiro atoms. The van der Waals surface area contributed by atoms with Crippen LogP contribution in [0.1, 0.15) is 97.3 Å². The Hall–Kier alpha value is -0.170. The summed E-state index contributed by atoms with van der Waals surface area (Å²) >= 11 is 0. The highest BCUT2D eigenvalue weighted by Gasteiger charge is 2.50. The Morgan fingerprint density at radius 2 is 1.35 bits per heavy atom. The Morgan fingerprint density at radius 1 is 0.870 bits per heavy atom. The van der Waals surface area contributed by atoms with Crippen molar-refractivity contribution in [3.05, 3.63) is 0 Å². The van der Waals surface area contributed by atoms with Gasteiger partial charge in [0.1, 0.15) is 0 Å². The van der Waals surface area contributed by atoms with Gasteiger partial charge in [0.25, 0.3) is 0 Å². The molecule has 1 heterocycles. The number of rotatable bonds is 14. The zero-order chi connectivity index (χ0) is 17.2. The van der Waals surface area contributed by atoms with Gasteiger partial charge in [0.2, 0.25) is 0 Å². The minimum atomic E-state index is -3.92. The van der Waals surface area contributed by atoms with Crippen LogP contribution in [-0.4, -0.2) is 19.5 Å². The van der Waals surface area contributed by atoms with E-state index in [-0.39, 0.29) is 6.42 Å². The van der Waals surface area contributed by atoms with Gasteiger partial charge in [-0.1, -0.05) is 84.5 Å². The highest BCUT2D eigenvalue weighted by molar-refractivity contribution is 7.82. The normalized spacial score (nSPS) is 20.1. The van der Waals surface area contributed by atoms with Gasteiger partial charge in [-0.25, -0.2) is 0 Å². The summed E-state index contributed by atoms with van der Waals surface area (Å²) in [5.41, 5.74) is 0. The van der Waals surface area contributed by atoms with Crippen LogP contribution >= 0.6 is 0 Å². The molecule has 5 nitrogen and oxygen atoms in total. The monoisotopic (exact) mass is 350 g/mol. The van der Waals surface area contributed by atoms with Crippen LogP contribution < -0.4 is 0 Å². The van der Waals surface area contributed by atoms with E-state index in [1.165, 1.54) is 57.8 Å². The van der Waals surface area contributed by atoms with Crippen LogP contribution in [0.4, 0.5) is 0 Å². The standard InChI is InChI=1S/C17H34O5S/c1-3-4-5-6-7-8-9-10-13-16(2)14-11-12-15-17(18)21-23(19,20)22-17/h16,18H,3-15H2,1-2H3. The molecule has 0 bridgehead atoms. The molecule has 0 radical (unpaired) electrons. The smallest absolute Gasteiger partial charge is 0.342 e. The molecule has 1 atom stereocenters. The van der Waals surface area contributed by atoms with Gasteiger partial charge in [-0.05, 0) is 12.3 Å². The van der Waals surface area contributed by atoms with E-state index in [2.05, 4.69) is 22.2 Å². The highest BCUT2D eigenvalue weighted by Crippen LogP contribution is 2.33. The largest absolute Gasteiger partial charge is 0.409 e. The molecule has 6 heteroatoms. The summed E-state index contributed by atoms with van der Waals surface area (Å²) in [7, 11) is -3.92. The molecular weight excluding hydrogens is 316 g/mol. The van der Waals surface area contributed by atoms with Gasteiger partial charge in [-0.3, -0.25) is 0 Å². The molecule has 1 aliphatic rings. The Balaban J connectivity index is 1.88. The highest BCUT2D eigenvalue weighted by atomic mass is 32.3. The molecule has 1 N–H and O–H groups in total. The fraction of sp³-hybridized carbons (Fsp3) is 1.00. The third kappa shape index (κ3) is 9.65. The molecule has 0 aromatic rings. The average molecular weight is 351 g/mol. The Morgan fingerprint density at radius 3 is 1.87 bits per heavy atom. The van der Waals surface area contributed by atoms with Crippen molar-refractivity contribution in [3.63, 3.8) is 0 Å². The quantitative estimate of drug-likeness (QED) is 0.462. The summed E-state index contributed by atoms with van der Waals surface area (Å²) in [5.74, 6) is -1.23. The molecule has 1 fully saturated rings. The fourth-order valence-electron chi connectivity index (χ4n) is 3.02. The maximum absolute atomic E-state index is 10.7.